The molecule has 4 rings (SSSR count). The lowest BCUT2D eigenvalue weighted by molar-refractivity contribution is -0.125. The fourth-order valence-corrected chi connectivity index (χ4v) is 3.90. The first-order chi connectivity index (χ1) is 15.1. The predicted molar refractivity (Wildman–Crippen MR) is 120 cm³/mol. The van der Waals surface area contributed by atoms with Crippen molar-refractivity contribution in [1.29, 1.82) is 5.26 Å². The van der Waals surface area contributed by atoms with Crippen LogP contribution in [-0.4, -0.2) is 42.8 Å². The number of nitriles is 1. The van der Waals surface area contributed by atoms with E-state index in [1.807, 2.05) is 28.8 Å². The summed E-state index contributed by atoms with van der Waals surface area (Å²) >= 11 is 5.93. The molecule has 0 unspecified atom stereocenters. The number of halogens is 1. The van der Waals surface area contributed by atoms with Crippen LogP contribution in [0.2, 0.25) is 5.02 Å². The average Bonchev–Trinajstić information content (AvgIpc) is 3.20. The molecule has 1 aliphatic heterocycles. The minimum absolute atomic E-state index is 0.0271. The molecule has 0 saturated carbocycles. The van der Waals surface area contributed by atoms with Gasteiger partial charge >= 0.3 is 6.03 Å². The molecule has 0 spiro atoms. The normalized spacial score (nSPS) is 14.5. The van der Waals surface area contributed by atoms with Crippen molar-refractivity contribution in [1.82, 2.24) is 24.3 Å². The molecule has 0 aliphatic carbocycles. The van der Waals surface area contributed by atoms with Gasteiger partial charge < -0.3 is 9.47 Å². The van der Waals surface area contributed by atoms with E-state index in [0.29, 0.717) is 23.8 Å². The third-order valence-electron chi connectivity index (χ3n) is 5.19. The number of rotatable bonds is 5. The fourth-order valence-electron chi connectivity index (χ4n) is 3.77. The standard InChI is InChI=1S/C23H23ClN6O2/c1-23(2,3)14-30-18(8-16-10-26-19(9-25)27-21(16)30)12-29-20(31)13-28(22(29)32)11-15-4-6-17(24)7-5-15/h4-8,10H,11-14H2,1-3H3. The van der Waals surface area contributed by atoms with Crippen molar-refractivity contribution >= 4 is 34.6 Å². The monoisotopic (exact) mass is 450 g/mol. The SMILES string of the molecule is CC(C)(C)Cn1c(CN2C(=O)CN(Cc3ccc(Cl)cc3)C2=O)cc2cnc(C#N)nc21. The van der Waals surface area contributed by atoms with Crippen molar-refractivity contribution in [2.75, 3.05) is 6.54 Å². The number of fused-ring (bicyclic) bond motifs is 1. The van der Waals surface area contributed by atoms with Gasteiger partial charge in [0.25, 0.3) is 5.91 Å². The summed E-state index contributed by atoms with van der Waals surface area (Å²) in [5.74, 6) is -0.167. The highest BCUT2D eigenvalue weighted by Gasteiger charge is 2.36. The second-order valence-electron chi connectivity index (χ2n) is 9.11. The Bertz CT molecular complexity index is 1240. The fraction of sp³-hybridized carbons (Fsp3) is 0.348. The Balaban J connectivity index is 1.62. The quantitative estimate of drug-likeness (QED) is 0.548. The van der Waals surface area contributed by atoms with Crippen LogP contribution in [0, 0.1) is 16.7 Å². The molecule has 32 heavy (non-hydrogen) atoms. The molecule has 2 aromatic heterocycles. The summed E-state index contributed by atoms with van der Waals surface area (Å²) in [6.45, 7) is 7.38. The molecule has 8 nitrogen and oxygen atoms in total. The van der Waals surface area contributed by atoms with E-state index in [-0.39, 0.29) is 36.3 Å². The average molecular weight is 451 g/mol. The van der Waals surface area contributed by atoms with Crippen LogP contribution in [0.1, 0.15) is 37.9 Å². The molecular weight excluding hydrogens is 428 g/mol. The highest BCUT2D eigenvalue weighted by Crippen LogP contribution is 2.26. The van der Waals surface area contributed by atoms with E-state index in [1.165, 1.54) is 9.80 Å². The number of amides is 3. The molecular formula is C23H23ClN6O2. The Kier molecular flexibility index (Phi) is 5.61. The van der Waals surface area contributed by atoms with E-state index in [1.54, 1.807) is 18.3 Å². The topological polar surface area (TPSA) is 95.1 Å². The van der Waals surface area contributed by atoms with Crippen LogP contribution in [-0.2, 0) is 24.4 Å². The van der Waals surface area contributed by atoms with Gasteiger partial charge in [0.1, 0.15) is 18.3 Å². The van der Waals surface area contributed by atoms with Crippen molar-refractivity contribution in [2.24, 2.45) is 5.41 Å². The summed E-state index contributed by atoms with van der Waals surface area (Å²) in [4.78, 5) is 37.0. The van der Waals surface area contributed by atoms with E-state index in [4.69, 9.17) is 11.6 Å². The summed E-state index contributed by atoms with van der Waals surface area (Å²) in [5.41, 5.74) is 2.21. The Morgan fingerprint density at radius 1 is 1.16 bits per heavy atom. The van der Waals surface area contributed by atoms with Crippen LogP contribution in [0.15, 0.2) is 36.5 Å². The van der Waals surface area contributed by atoms with Crippen molar-refractivity contribution < 1.29 is 9.59 Å². The maximum atomic E-state index is 13.0. The molecule has 3 amide bonds. The number of aromatic nitrogens is 3. The zero-order valence-electron chi connectivity index (χ0n) is 18.2. The molecule has 0 N–H and O–H groups in total. The molecule has 0 bridgehead atoms. The van der Waals surface area contributed by atoms with Crippen LogP contribution in [0.4, 0.5) is 4.79 Å². The van der Waals surface area contributed by atoms with Gasteiger partial charge in [0, 0.05) is 35.4 Å². The number of nitrogens with zero attached hydrogens (tertiary/aromatic N) is 6. The van der Waals surface area contributed by atoms with Gasteiger partial charge in [-0.25, -0.2) is 14.8 Å². The first kappa shape index (κ1) is 21.8. The summed E-state index contributed by atoms with van der Waals surface area (Å²) < 4.78 is 1.97. The van der Waals surface area contributed by atoms with E-state index < -0.39 is 0 Å². The number of carbonyl (C=O) groups excluding carboxylic acids is 2. The van der Waals surface area contributed by atoms with Crippen molar-refractivity contribution in [2.45, 2.75) is 40.4 Å². The Morgan fingerprint density at radius 2 is 1.88 bits per heavy atom. The third-order valence-corrected chi connectivity index (χ3v) is 5.44. The van der Waals surface area contributed by atoms with Gasteiger partial charge in [-0.1, -0.05) is 44.5 Å². The number of benzene rings is 1. The second kappa shape index (κ2) is 8.24. The first-order valence-corrected chi connectivity index (χ1v) is 10.6. The highest BCUT2D eigenvalue weighted by molar-refractivity contribution is 6.30. The molecule has 1 saturated heterocycles. The van der Waals surface area contributed by atoms with E-state index >= 15 is 0 Å². The Hall–Kier alpha value is -3.44. The maximum Gasteiger partial charge on any atom is 0.327 e. The van der Waals surface area contributed by atoms with Crippen molar-refractivity contribution in [3.05, 3.63) is 58.6 Å². The Labute approximate surface area is 191 Å². The van der Waals surface area contributed by atoms with Crippen LogP contribution in [0.25, 0.3) is 11.0 Å². The van der Waals surface area contributed by atoms with E-state index in [2.05, 4.69) is 30.7 Å². The zero-order chi connectivity index (χ0) is 23.0. The molecule has 1 aliphatic rings. The van der Waals surface area contributed by atoms with Gasteiger partial charge in [0.2, 0.25) is 5.82 Å². The van der Waals surface area contributed by atoms with E-state index in [9.17, 15) is 14.9 Å². The van der Waals surface area contributed by atoms with Gasteiger partial charge in [0.05, 0.1) is 6.54 Å². The largest absolute Gasteiger partial charge is 0.327 e. The first-order valence-electron chi connectivity index (χ1n) is 10.2. The molecule has 9 heteroatoms. The van der Waals surface area contributed by atoms with Gasteiger partial charge in [-0.05, 0) is 29.2 Å². The summed E-state index contributed by atoms with van der Waals surface area (Å²) in [6.07, 6.45) is 1.60. The summed E-state index contributed by atoms with van der Waals surface area (Å²) in [5, 5.41) is 10.6. The molecule has 164 valence electrons. The van der Waals surface area contributed by atoms with E-state index in [0.717, 1.165) is 16.6 Å². The minimum atomic E-state index is -0.332. The number of hydrogen-bond acceptors (Lipinski definition) is 5. The van der Waals surface area contributed by atoms with Gasteiger partial charge in [-0.15, -0.1) is 0 Å². The van der Waals surface area contributed by atoms with Crippen molar-refractivity contribution in [3.63, 3.8) is 0 Å². The second-order valence-corrected chi connectivity index (χ2v) is 9.55. The lowest BCUT2D eigenvalue weighted by atomic mass is 9.97. The summed E-state index contributed by atoms with van der Waals surface area (Å²) in [6, 6.07) is 10.7. The molecule has 3 heterocycles. The number of urea groups is 1. The van der Waals surface area contributed by atoms with Gasteiger partial charge in [-0.2, -0.15) is 5.26 Å². The van der Waals surface area contributed by atoms with Crippen molar-refractivity contribution in [3.8, 4) is 6.07 Å². The molecule has 1 aromatic carbocycles. The molecule has 0 radical (unpaired) electrons. The van der Waals surface area contributed by atoms with Crippen LogP contribution in [0.3, 0.4) is 0 Å². The minimum Gasteiger partial charge on any atom is -0.327 e. The number of imide groups is 1. The maximum absolute atomic E-state index is 13.0. The molecule has 0 atom stereocenters. The molecule has 3 aromatic rings. The number of hydrogen-bond donors (Lipinski definition) is 0. The molecule has 1 fully saturated rings. The van der Waals surface area contributed by atoms with Gasteiger partial charge in [0.15, 0.2) is 0 Å². The van der Waals surface area contributed by atoms with Crippen LogP contribution < -0.4 is 0 Å². The predicted octanol–water partition coefficient (Wildman–Crippen LogP) is 3.97. The van der Waals surface area contributed by atoms with Crippen LogP contribution in [0.5, 0.6) is 0 Å². The smallest absolute Gasteiger partial charge is 0.327 e. The highest BCUT2D eigenvalue weighted by atomic mass is 35.5. The lowest BCUT2D eigenvalue weighted by Gasteiger charge is -2.23. The summed E-state index contributed by atoms with van der Waals surface area (Å²) in [7, 11) is 0. The number of carbonyl (C=O) groups is 2. The van der Waals surface area contributed by atoms with Crippen LogP contribution >= 0.6 is 11.6 Å². The third kappa shape index (κ3) is 4.43. The van der Waals surface area contributed by atoms with Gasteiger partial charge in [-0.3, -0.25) is 9.69 Å². The lowest BCUT2D eigenvalue weighted by Crippen LogP contribution is -2.33. The Morgan fingerprint density at radius 3 is 2.53 bits per heavy atom. The zero-order valence-corrected chi connectivity index (χ0v) is 18.9.